The van der Waals surface area contributed by atoms with E-state index in [4.69, 9.17) is 0 Å². The summed E-state index contributed by atoms with van der Waals surface area (Å²) in [7, 11) is 0. The Morgan fingerprint density at radius 1 is 1.38 bits per heavy atom. The van der Waals surface area contributed by atoms with Gasteiger partial charge in [0, 0.05) is 25.7 Å². The highest BCUT2D eigenvalue weighted by Gasteiger charge is 2.27. The standard InChI is InChI=1S/C13H28N2O/c1-11(2)14-8-12(16)9-15-7-5-6-13(3,4)10-15/h11-12,14,16H,5-10H2,1-4H3. The zero-order valence-corrected chi connectivity index (χ0v) is 11.3. The van der Waals surface area contributed by atoms with E-state index in [0.717, 1.165) is 19.6 Å². The molecular formula is C13H28N2O. The summed E-state index contributed by atoms with van der Waals surface area (Å²) >= 11 is 0. The Labute approximate surface area is 100 Å². The van der Waals surface area contributed by atoms with Gasteiger partial charge in [-0.1, -0.05) is 27.7 Å². The molecule has 0 amide bonds. The SMILES string of the molecule is CC(C)NCC(O)CN1CCCC(C)(C)C1. The lowest BCUT2D eigenvalue weighted by molar-refractivity contribution is 0.0593. The Balaban J connectivity index is 2.25. The molecule has 1 atom stereocenters. The number of hydrogen-bond acceptors (Lipinski definition) is 3. The molecule has 0 radical (unpaired) electrons. The van der Waals surface area contributed by atoms with E-state index < -0.39 is 0 Å². The summed E-state index contributed by atoms with van der Waals surface area (Å²) in [4.78, 5) is 2.40. The van der Waals surface area contributed by atoms with Gasteiger partial charge < -0.3 is 15.3 Å². The normalized spacial score (nSPS) is 23.6. The Kier molecular flexibility index (Phi) is 5.22. The maximum atomic E-state index is 9.92. The number of aliphatic hydroxyl groups is 1. The lowest BCUT2D eigenvalue weighted by Crippen LogP contribution is -2.46. The van der Waals surface area contributed by atoms with Crippen LogP contribution in [0, 0.1) is 5.41 Å². The first kappa shape index (κ1) is 13.9. The average Bonchev–Trinajstić information content (AvgIpc) is 2.13. The molecule has 2 N–H and O–H groups in total. The number of β-amino-alcohol motifs (C(OH)–C–C–N with tert-alkyl or cyclic N) is 1. The lowest BCUT2D eigenvalue weighted by atomic mass is 9.84. The monoisotopic (exact) mass is 228 g/mol. The molecule has 0 saturated carbocycles. The summed E-state index contributed by atoms with van der Waals surface area (Å²) in [5.74, 6) is 0. The lowest BCUT2D eigenvalue weighted by Gasteiger charge is -2.38. The number of piperidine rings is 1. The van der Waals surface area contributed by atoms with Gasteiger partial charge in [-0.25, -0.2) is 0 Å². The molecule has 96 valence electrons. The summed E-state index contributed by atoms with van der Waals surface area (Å²) in [6, 6.07) is 0.451. The van der Waals surface area contributed by atoms with Gasteiger partial charge in [0.1, 0.15) is 0 Å². The topological polar surface area (TPSA) is 35.5 Å². The van der Waals surface area contributed by atoms with Gasteiger partial charge >= 0.3 is 0 Å². The molecule has 1 aliphatic rings. The second kappa shape index (κ2) is 5.99. The average molecular weight is 228 g/mol. The molecular weight excluding hydrogens is 200 g/mol. The van der Waals surface area contributed by atoms with E-state index in [-0.39, 0.29) is 6.10 Å². The first-order valence-electron chi connectivity index (χ1n) is 6.53. The Morgan fingerprint density at radius 3 is 2.62 bits per heavy atom. The van der Waals surface area contributed by atoms with Crippen molar-refractivity contribution in [2.75, 3.05) is 26.2 Å². The fraction of sp³-hybridized carbons (Fsp3) is 1.00. The second-order valence-electron chi connectivity index (χ2n) is 6.22. The third-order valence-electron chi connectivity index (χ3n) is 3.21. The van der Waals surface area contributed by atoms with E-state index in [1.807, 2.05) is 0 Å². The first-order valence-corrected chi connectivity index (χ1v) is 6.53. The number of aliphatic hydroxyl groups excluding tert-OH is 1. The van der Waals surface area contributed by atoms with Crippen molar-refractivity contribution in [3.05, 3.63) is 0 Å². The molecule has 0 aromatic heterocycles. The van der Waals surface area contributed by atoms with Gasteiger partial charge in [0.15, 0.2) is 0 Å². The molecule has 16 heavy (non-hydrogen) atoms. The number of hydrogen-bond donors (Lipinski definition) is 2. The van der Waals surface area contributed by atoms with Crippen molar-refractivity contribution < 1.29 is 5.11 Å². The number of rotatable bonds is 5. The van der Waals surface area contributed by atoms with Crippen LogP contribution < -0.4 is 5.32 Å². The minimum absolute atomic E-state index is 0.240. The molecule has 0 bridgehead atoms. The van der Waals surface area contributed by atoms with Crippen LogP contribution in [0.3, 0.4) is 0 Å². The van der Waals surface area contributed by atoms with Crippen LogP contribution in [-0.4, -0.2) is 48.3 Å². The Bertz CT molecular complexity index is 204. The van der Waals surface area contributed by atoms with E-state index >= 15 is 0 Å². The second-order valence-corrected chi connectivity index (χ2v) is 6.22. The van der Waals surface area contributed by atoms with E-state index in [1.165, 1.54) is 12.8 Å². The quantitative estimate of drug-likeness (QED) is 0.748. The van der Waals surface area contributed by atoms with E-state index in [0.29, 0.717) is 18.0 Å². The van der Waals surface area contributed by atoms with Crippen molar-refractivity contribution in [2.45, 2.75) is 52.7 Å². The smallest absolute Gasteiger partial charge is 0.0791 e. The van der Waals surface area contributed by atoms with Crippen LogP contribution in [-0.2, 0) is 0 Å². The van der Waals surface area contributed by atoms with Crippen molar-refractivity contribution in [3.63, 3.8) is 0 Å². The molecule has 3 heteroatoms. The van der Waals surface area contributed by atoms with Gasteiger partial charge in [0.05, 0.1) is 6.10 Å². The van der Waals surface area contributed by atoms with Gasteiger partial charge in [-0.15, -0.1) is 0 Å². The predicted octanol–water partition coefficient (Wildman–Crippen LogP) is 1.47. The zero-order chi connectivity index (χ0) is 12.2. The van der Waals surface area contributed by atoms with Gasteiger partial charge in [-0.3, -0.25) is 0 Å². The Morgan fingerprint density at radius 2 is 2.06 bits per heavy atom. The van der Waals surface area contributed by atoms with Gasteiger partial charge in [0.2, 0.25) is 0 Å². The molecule has 0 aromatic rings. The highest BCUT2D eigenvalue weighted by atomic mass is 16.3. The summed E-state index contributed by atoms with van der Waals surface area (Å²) in [6.45, 7) is 12.6. The van der Waals surface area contributed by atoms with E-state index in [1.54, 1.807) is 0 Å². The predicted molar refractivity (Wildman–Crippen MR) is 68.6 cm³/mol. The highest BCUT2D eigenvalue weighted by Crippen LogP contribution is 2.28. The molecule has 3 nitrogen and oxygen atoms in total. The summed E-state index contributed by atoms with van der Waals surface area (Å²) in [5.41, 5.74) is 0.420. The summed E-state index contributed by atoms with van der Waals surface area (Å²) < 4.78 is 0. The third kappa shape index (κ3) is 5.28. The zero-order valence-electron chi connectivity index (χ0n) is 11.3. The van der Waals surface area contributed by atoms with Gasteiger partial charge in [-0.05, 0) is 24.8 Å². The van der Waals surface area contributed by atoms with Gasteiger partial charge in [0.25, 0.3) is 0 Å². The van der Waals surface area contributed by atoms with Crippen LogP contribution in [0.15, 0.2) is 0 Å². The van der Waals surface area contributed by atoms with Crippen LogP contribution in [0.1, 0.15) is 40.5 Å². The number of likely N-dealkylation sites (tertiary alicyclic amines) is 1. The number of nitrogens with one attached hydrogen (secondary N) is 1. The molecule has 0 aliphatic carbocycles. The maximum Gasteiger partial charge on any atom is 0.0791 e. The fourth-order valence-electron chi connectivity index (χ4n) is 2.43. The summed E-state index contributed by atoms with van der Waals surface area (Å²) in [6.07, 6.45) is 2.33. The van der Waals surface area contributed by atoms with Crippen LogP contribution >= 0.6 is 0 Å². The van der Waals surface area contributed by atoms with Crippen LogP contribution in [0.25, 0.3) is 0 Å². The first-order chi connectivity index (χ1) is 7.39. The molecule has 1 saturated heterocycles. The minimum atomic E-state index is -0.240. The molecule has 1 unspecified atom stereocenters. The molecule has 0 spiro atoms. The Hall–Kier alpha value is -0.120. The van der Waals surface area contributed by atoms with Crippen molar-refractivity contribution in [3.8, 4) is 0 Å². The summed E-state index contributed by atoms with van der Waals surface area (Å²) in [5, 5.41) is 13.2. The van der Waals surface area contributed by atoms with E-state index in [2.05, 4.69) is 37.9 Å². The van der Waals surface area contributed by atoms with Crippen LogP contribution in [0.5, 0.6) is 0 Å². The van der Waals surface area contributed by atoms with Crippen molar-refractivity contribution >= 4 is 0 Å². The largest absolute Gasteiger partial charge is 0.390 e. The van der Waals surface area contributed by atoms with Crippen molar-refractivity contribution in [1.29, 1.82) is 0 Å². The highest BCUT2D eigenvalue weighted by molar-refractivity contribution is 4.81. The molecule has 1 rings (SSSR count). The molecule has 1 fully saturated rings. The molecule has 1 aliphatic heterocycles. The molecule has 1 heterocycles. The third-order valence-corrected chi connectivity index (χ3v) is 3.21. The van der Waals surface area contributed by atoms with Gasteiger partial charge in [-0.2, -0.15) is 0 Å². The molecule has 0 aromatic carbocycles. The van der Waals surface area contributed by atoms with E-state index in [9.17, 15) is 5.11 Å². The van der Waals surface area contributed by atoms with Crippen molar-refractivity contribution in [2.24, 2.45) is 5.41 Å². The van der Waals surface area contributed by atoms with Crippen molar-refractivity contribution in [1.82, 2.24) is 10.2 Å². The number of nitrogens with zero attached hydrogens (tertiary/aromatic N) is 1. The minimum Gasteiger partial charge on any atom is -0.390 e. The van der Waals surface area contributed by atoms with Crippen LogP contribution in [0.2, 0.25) is 0 Å². The maximum absolute atomic E-state index is 9.92. The fourth-order valence-corrected chi connectivity index (χ4v) is 2.43. The van der Waals surface area contributed by atoms with Crippen LogP contribution in [0.4, 0.5) is 0 Å².